The Labute approximate surface area is 80.5 Å². The maximum Gasteiger partial charge on any atom is 0.0657 e. The van der Waals surface area contributed by atoms with Crippen LogP contribution in [0.5, 0.6) is 0 Å². The van der Waals surface area contributed by atoms with Crippen LogP contribution in [0.25, 0.3) is 0 Å². The Morgan fingerprint density at radius 1 is 1.23 bits per heavy atom. The summed E-state index contributed by atoms with van der Waals surface area (Å²) in [5.74, 6) is 0.340. The van der Waals surface area contributed by atoms with Gasteiger partial charge >= 0.3 is 0 Å². The monoisotopic (exact) mass is 178 g/mol. The fourth-order valence-corrected chi connectivity index (χ4v) is 2.79. The van der Waals surface area contributed by atoms with Crippen molar-refractivity contribution in [2.24, 2.45) is 5.92 Å². The topological polar surface area (TPSA) is 27.0 Å². The molecular weight excluding hydrogens is 160 g/mol. The van der Waals surface area contributed by atoms with Crippen LogP contribution >= 0.6 is 0 Å². The van der Waals surface area contributed by atoms with Gasteiger partial charge in [0.1, 0.15) is 0 Å². The number of likely N-dealkylation sites (tertiary alicyclic amines) is 1. The molecule has 0 aromatic rings. The average molecular weight is 178 g/mol. The highest BCUT2D eigenvalue weighted by Gasteiger charge is 2.44. The minimum absolute atomic E-state index is 0.340. The first-order chi connectivity index (χ1) is 6.24. The molecule has 2 rings (SSSR count). The molecule has 0 aromatic heterocycles. The summed E-state index contributed by atoms with van der Waals surface area (Å²) in [6.45, 7) is 4.84. The van der Waals surface area contributed by atoms with Crippen molar-refractivity contribution in [2.45, 2.75) is 44.6 Å². The van der Waals surface area contributed by atoms with Gasteiger partial charge in [-0.05, 0) is 45.7 Å². The van der Waals surface area contributed by atoms with Crippen LogP contribution in [0.3, 0.4) is 0 Å². The summed E-state index contributed by atoms with van der Waals surface area (Å²) in [6, 6.07) is 2.37. The summed E-state index contributed by atoms with van der Waals surface area (Å²) < 4.78 is 0. The number of piperidine rings is 1. The zero-order valence-corrected chi connectivity index (χ0v) is 8.42. The van der Waals surface area contributed by atoms with Crippen molar-refractivity contribution in [2.75, 3.05) is 13.1 Å². The highest BCUT2D eigenvalue weighted by atomic mass is 15.2. The molecule has 0 atom stereocenters. The van der Waals surface area contributed by atoms with E-state index in [2.05, 4.69) is 17.9 Å². The Morgan fingerprint density at radius 3 is 2.38 bits per heavy atom. The average Bonchev–Trinajstić information content (AvgIpc) is 2.14. The second kappa shape index (κ2) is 3.31. The first-order valence-electron chi connectivity index (χ1n) is 5.39. The molecule has 0 unspecified atom stereocenters. The van der Waals surface area contributed by atoms with Gasteiger partial charge in [0.25, 0.3) is 0 Å². The van der Waals surface area contributed by atoms with E-state index in [1.165, 1.54) is 32.4 Å². The summed E-state index contributed by atoms with van der Waals surface area (Å²) in [5, 5.41) is 8.75. The minimum Gasteiger partial charge on any atom is -0.298 e. The molecular formula is C11H18N2. The molecule has 1 saturated carbocycles. The second-order valence-electron chi connectivity index (χ2n) is 4.78. The molecule has 0 spiro atoms. The van der Waals surface area contributed by atoms with Gasteiger partial charge in [-0.25, -0.2) is 0 Å². The van der Waals surface area contributed by atoms with E-state index in [1.54, 1.807) is 0 Å². The molecule has 1 heterocycles. The summed E-state index contributed by atoms with van der Waals surface area (Å²) in [4.78, 5) is 2.60. The number of nitriles is 1. The molecule has 1 aliphatic carbocycles. The highest BCUT2D eigenvalue weighted by Crippen LogP contribution is 2.42. The van der Waals surface area contributed by atoms with Crippen molar-refractivity contribution < 1.29 is 0 Å². The van der Waals surface area contributed by atoms with Crippen LogP contribution in [0, 0.1) is 17.2 Å². The molecule has 1 aliphatic heterocycles. The van der Waals surface area contributed by atoms with Crippen molar-refractivity contribution in [3.8, 4) is 6.07 Å². The third kappa shape index (κ3) is 1.58. The standard InChI is InChI=1S/C11H18N2/c1-11(7-10(8-11)9-12)13-5-3-2-4-6-13/h10H,2-8H2,1H3. The van der Waals surface area contributed by atoms with E-state index in [1.807, 2.05) is 0 Å². The summed E-state index contributed by atoms with van der Waals surface area (Å²) in [5.41, 5.74) is 0.376. The Kier molecular flexibility index (Phi) is 2.29. The van der Waals surface area contributed by atoms with E-state index < -0.39 is 0 Å². The smallest absolute Gasteiger partial charge is 0.0657 e. The third-order valence-corrected chi connectivity index (χ3v) is 3.67. The van der Waals surface area contributed by atoms with E-state index in [-0.39, 0.29) is 0 Å². The van der Waals surface area contributed by atoms with Gasteiger partial charge in [-0.2, -0.15) is 5.26 Å². The van der Waals surface area contributed by atoms with Gasteiger partial charge in [0.2, 0.25) is 0 Å². The molecule has 72 valence electrons. The van der Waals surface area contributed by atoms with Crippen LogP contribution in [0.15, 0.2) is 0 Å². The van der Waals surface area contributed by atoms with Crippen LogP contribution in [-0.4, -0.2) is 23.5 Å². The maximum absolute atomic E-state index is 8.75. The zero-order chi connectivity index (χ0) is 9.31. The van der Waals surface area contributed by atoms with E-state index >= 15 is 0 Å². The van der Waals surface area contributed by atoms with Crippen molar-refractivity contribution in [1.82, 2.24) is 4.90 Å². The predicted octanol–water partition coefficient (Wildman–Crippen LogP) is 2.16. The quantitative estimate of drug-likeness (QED) is 0.615. The van der Waals surface area contributed by atoms with E-state index in [9.17, 15) is 0 Å². The van der Waals surface area contributed by atoms with Gasteiger partial charge in [-0.15, -0.1) is 0 Å². The molecule has 0 bridgehead atoms. The van der Waals surface area contributed by atoms with Gasteiger partial charge in [-0.1, -0.05) is 6.42 Å². The normalized spacial score (nSPS) is 40.8. The van der Waals surface area contributed by atoms with Crippen LogP contribution in [0.4, 0.5) is 0 Å². The fourth-order valence-electron chi connectivity index (χ4n) is 2.79. The van der Waals surface area contributed by atoms with Crippen molar-refractivity contribution in [1.29, 1.82) is 5.26 Å². The van der Waals surface area contributed by atoms with Gasteiger partial charge in [-0.3, -0.25) is 4.90 Å². The summed E-state index contributed by atoms with van der Waals surface area (Å²) in [6.07, 6.45) is 6.31. The van der Waals surface area contributed by atoms with E-state index in [0.717, 1.165) is 12.8 Å². The first-order valence-corrected chi connectivity index (χ1v) is 5.39. The Hall–Kier alpha value is -0.550. The second-order valence-corrected chi connectivity index (χ2v) is 4.78. The highest BCUT2D eigenvalue weighted by molar-refractivity contribution is 5.07. The van der Waals surface area contributed by atoms with Gasteiger partial charge < -0.3 is 0 Å². The number of nitrogens with zero attached hydrogens (tertiary/aromatic N) is 2. The number of hydrogen-bond donors (Lipinski definition) is 0. The molecule has 1 saturated heterocycles. The minimum atomic E-state index is 0.340. The van der Waals surface area contributed by atoms with Crippen molar-refractivity contribution in [3.63, 3.8) is 0 Å². The van der Waals surface area contributed by atoms with Gasteiger partial charge in [0.15, 0.2) is 0 Å². The lowest BCUT2D eigenvalue weighted by Crippen LogP contribution is -2.56. The molecule has 0 aromatic carbocycles. The van der Waals surface area contributed by atoms with Crippen LogP contribution in [0.1, 0.15) is 39.0 Å². The largest absolute Gasteiger partial charge is 0.298 e. The first kappa shape index (κ1) is 9.02. The molecule has 0 amide bonds. The molecule has 0 N–H and O–H groups in total. The third-order valence-electron chi connectivity index (χ3n) is 3.67. The molecule has 2 fully saturated rings. The SMILES string of the molecule is CC1(N2CCCCC2)CC(C#N)C1. The summed E-state index contributed by atoms with van der Waals surface area (Å²) in [7, 11) is 0. The van der Waals surface area contributed by atoms with E-state index in [4.69, 9.17) is 5.26 Å². The van der Waals surface area contributed by atoms with Crippen LogP contribution in [-0.2, 0) is 0 Å². The fraction of sp³-hybridized carbons (Fsp3) is 0.909. The summed E-state index contributed by atoms with van der Waals surface area (Å²) >= 11 is 0. The van der Waals surface area contributed by atoms with Crippen molar-refractivity contribution in [3.05, 3.63) is 0 Å². The zero-order valence-electron chi connectivity index (χ0n) is 8.42. The lowest BCUT2D eigenvalue weighted by molar-refractivity contribution is -0.00510. The van der Waals surface area contributed by atoms with Gasteiger partial charge in [0, 0.05) is 11.5 Å². The molecule has 2 aliphatic rings. The Bertz CT molecular complexity index is 217. The van der Waals surface area contributed by atoms with Crippen LogP contribution < -0.4 is 0 Å². The van der Waals surface area contributed by atoms with Crippen molar-refractivity contribution >= 4 is 0 Å². The Balaban J connectivity index is 1.90. The lowest BCUT2D eigenvalue weighted by atomic mass is 9.68. The number of rotatable bonds is 1. The molecule has 2 nitrogen and oxygen atoms in total. The molecule has 2 heteroatoms. The van der Waals surface area contributed by atoms with Gasteiger partial charge in [0.05, 0.1) is 6.07 Å². The number of hydrogen-bond acceptors (Lipinski definition) is 2. The predicted molar refractivity (Wildman–Crippen MR) is 52.2 cm³/mol. The Morgan fingerprint density at radius 2 is 1.85 bits per heavy atom. The lowest BCUT2D eigenvalue weighted by Gasteiger charge is -2.51. The maximum atomic E-state index is 8.75. The molecule has 0 radical (unpaired) electrons. The van der Waals surface area contributed by atoms with Crippen LogP contribution in [0.2, 0.25) is 0 Å². The molecule has 13 heavy (non-hydrogen) atoms. The van der Waals surface area contributed by atoms with E-state index in [0.29, 0.717) is 11.5 Å².